The van der Waals surface area contributed by atoms with Gasteiger partial charge in [0, 0.05) is 29.4 Å². The minimum atomic E-state index is 0.260. The maximum Gasteiger partial charge on any atom is 0.219 e. The SMILES string of the molecule is CCNC(C)c1ccc(Oc2cc(Cl)ccc2Cl)nc1. The number of nitrogens with zero attached hydrogens (tertiary/aromatic N) is 1. The third-order valence-electron chi connectivity index (χ3n) is 2.88. The lowest BCUT2D eigenvalue weighted by Gasteiger charge is -2.13. The molecular weight excluding hydrogens is 295 g/mol. The molecule has 0 bridgehead atoms. The van der Waals surface area contributed by atoms with Gasteiger partial charge < -0.3 is 10.1 Å². The van der Waals surface area contributed by atoms with Crippen molar-refractivity contribution in [2.24, 2.45) is 0 Å². The summed E-state index contributed by atoms with van der Waals surface area (Å²) >= 11 is 12.0. The Bertz CT molecular complexity index is 573. The van der Waals surface area contributed by atoms with Crippen LogP contribution in [0.2, 0.25) is 10.0 Å². The molecule has 0 saturated heterocycles. The largest absolute Gasteiger partial charge is 0.437 e. The van der Waals surface area contributed by atoms with Crippen molar-refractivity contribution < 1.29 is 4.74 Å². The zero-order chi connectivity index (χ0) is 14.5. The summed E-state index contributed by atoms with van der Waals surface area (Å²) in [6.07, 6.45) is 1.79. The number of pyridine rings is 1. The van der Waals surface area contributed by atoms with Crippen molar-refractivity contribution in [3.63, 3.8) is 0 Å². The van der Waals surface area contributed by atoms with Crippen LogP contribution in [0, 0.1) is 0 Å². The molecule has 2 aromatic rings. The fraction of sp³-hybridized carbons (Fsp3) is 0.267. The molecule has 0 aliphatic carbocycles. The highest BCUT2D eigenvalue weighted by atomic mass is 35.5. The molecule has 3 nitrogen and oxygen atoms in total. The number of ether oxygens (including phenoxy) is 1. The van der Waals surface area contributed by atoms with Crippen molar-refractivity contribution in [1.82, 2.24) is 10.3 Å². The number of hydrogen-bond donors (Lipinski definition) is 1. The maximum absolute atomic E-state index is 6.05. The summed E-state index contributed by atoms with van der Waals surface area (Å²) in [6.45, 7) is 5.08. The van der Waals surface area contributed by atoms with Crippen LogP contribution in [-0.2, 0) is 0 Å². The summed E-state index contributed by atoms with van der Waals surface area (Å²) in [6, 6.07) is 9.14. The smallest absolute Gasteiger partial charge is 0.219 e. The summed E-state index contributed by atoms with van der Waals surface area (Å²) in [7, 11) is 0. The maximum atomic E-state index is 6.05. The van der Waals surface area contributed by atoms with Crippen molar-refractivity contribution in [1.29, 1.82) is 0 Å². The number of aromatic nitrogens is 1. The van der Waals surface area contributed by atoms with E-state index in [1.807, 2.05) is 12.1 Å². The molecule has 20 heavy (non-hydrogen) atoms. The first-order valence-corrected chi connectivity index (χ1v) is 7.18. The zero-order valence-corrected chi connectivity index (χ0v) is 12.9. The van der Waals surface area contributed by atoms with Gasteiger partial charge >= 0.3 is 0 Å². The third kappa shape index (κ3) is 3.85. The molecule has 2 rings (SSSR count). The van der Waals surface area contributed by atoms with Crippen molar-refractivity contribution in [2.75, 3.05) is 6.54 Å². The van der Waals surface area contributed by atoms with Gasteiger partial charge in [0.15, 0.2) is 0 Å². The Labute approximate surface area is 128 Å². The zero-order valence-electron chi connectivity index (χ0n) is 11.4. The fourth-order valence-corrected chi connectivity index (χ4v) is 2.12. The van der Waals surface area contributed by atoms with Gasteiger partial charge in [-0.3, -0.25) is 0 Å². The molecule has 5 heteroatoms. The van der Waals surface area contributed by atoms with Gasteiger partial charge in [-0.25, -0.2) is 4.98 Å². The predicted molar refractivity (Wildman–Crippen MR) is 82.9 cm³/mol. The number of halogens is 2. The van der Waals surface area contributed by atoms with E-state index >= 15 is 0 Å². The summed E-state index contributed by atoms with van der Waals surface area (Å²) in [4.78, 5) is 4.28. The number of benzene rings is 1. The van der Waals surface area contributed by atoms with Crippen LogP contribution in [0.15, 0.2) is 36.5 Å². The van der Waals surface area contributed by atoms with E-state index in [1.54, 1.807) is 24.4 Å². The van der Waals surface area contributed by atoms with Gasteiger partial charge in [-0.1, -0.05) is 36.2 Å². The molecular formula is C15H16Cl2N2O. The average molecular weight is 311 g/mol. The van der Waals surface area contributed by atoms with Crippen LogP contribution in [0.4, 0.5) is 0 Å². The third-order valence-corrected chi connectivity index (χ3v) is 3.42. The van der Waals surface area contributed by atoms with E-state index in [0.29, 0.717) is 21.7 Å². The highest BCUT2D eigenvalue weighted by Gasteiger charge is 2.07. The van der Waals surface area contributed by atoms with Gasteiger partial charge in [-0.05, 0) is 31.2 Å². The predicted octanol–water partition coefficient (Wildman–Crippen LogP) is 4.85. The van der Waals surface area contributed by atoms with E-state index in [-0.39, 0.29) is 6.04 Å². The van der Waals surface area contributed by atoms with Gasteiger partial charge in [0.25, 0.3) is 0 Å². The topological polar surface area (TPSA) is 34.1 Å². The Hall–Kier alpha value is -1.29. The van der Waals surface area contributed by atoms with Crippen LogP contribution in [0.25, 0.3) is 0 Å². The van der Waals surface area contributed by atoms with Crippen LogP contribution in [0.3, 0.4) is 0 Å². The second-order valence-corrected chi connectivity index (χ2v) is 5.23. The molecule has 106 valence electrons. The lowest BCUT2D eigenvalue weighted by atomic mass is 10.1. The van der Waals surface area contributed by atoms with E-state index in [0.717, 1.165) is 12.1 Å². The highest BCUT2D eigenvalue weighted by molar-refractivity contribution is 6.34. The Morgan fingerprint density at radius 1 is 1.25 bits per heavy atom. The van der Waals surface area contributed by atoms with E-state index in [2.05, 4.69) is 24.1 Å². The second-order valence-electron chi connectivity index (χ2n) is 4.39. The van der Waals surface area contributed by atoms with E-state index in [4.69, 9.17) is 27.9 Å². The minimum absolute atomic E-state index is 0.260. The van der Waals surface area contributed by atoms with Crippen LogP contribution >= 0.6 is 23.2 Å². The van der Waals surface area contributed by atoms with Gasteiger partial charge in [0.2, 0.25) is 5.88 Å². The van der Waals surface area contributed by atoms with Crippen molar-refractivity contribution in [3.05, 3.63) is 52.1 Å². The Kier molecular flexibility index (Phi) is 5.24. The van der Waals surface area contributed by atoms with E-state index in [9.17, 15) is 0 Å². The molecule has 1 heterocycles. The first kappa shape index (κ1) is 15.1. The molecule has 0 saturated carbocycles. The standard InChI is InChI=1S/C15H16Cl2N2O/c1-3-18-10(2)11-4-7-15(19-9-11)20-14-8-12(16)5-6-13(14)17/h4-10,18H,3H2,1-2H3. The Morgan fingerprint density at radius 3 is 2.70 bits per heavy atom. The molecule has 0 amide bonds. The fourth-order valence-electron chi connectivity index (χ4n) is 1.80. The normalized spacial score (nSPS) is 12.2. The molecule has 1 atom stereocenters. The average Bonchev–Trinajstić information content (AvgIpc) is 2.44. The molecule has 1 N–H and O–H groups in total. The molecule has 0 radical (unpaired) electrons. The first-order valence-electron chi connectivity index (χ1n) is 6.42. The summed E-state index contributed by atoms with van der Waals surface area (Å²) in [5.74, 6) is 0.987. The quantitative estimate of drug-likeness (QED) is 0.857. The van der Waals surface area contributed by atoms with Gasteiger partial charge in [0.05, 0.1) is 5.02 Å². The second kappa shape index (κ2) is 6.93. The molecule has 1 unspecified atom stereocenters. The van der Waals surface area contributed by atoms with E-state index in [1.165, 1.54) is 0 Å². The van der Waals surface area contributed by atoms with Crippen LogP contribution in [0.5, 0.6) is 11.6 Å². The molecule has 0 fully saturated rings. The number of hydrogen-bond acceptors (Lipinski definition) is 3. The molecule has 0 aliphatic rings. The van der Waals surface area contributed by atoms with Crippen molar-refractivity contribution in [3.8, 4) is 11.6 Å². The Balaban J connectivity index is 2.12. The van der Waals surface area contributed by atoms with Crippen LogP contribution in [0.1, 0.15) is 25.5 Å². The van der Waals surface area contributed by atoms with E-state index < -0.39 is 0 Å². The van der Waals surface area contributed by atoms with Crippen molar-refractivity contribution in [2.45, 2.75) is 19.9 Å². The van der Waals surface area contributed by atoms with Gasteiger partial charge in [0.1, 0.15) is 5.75 Å². The monoisotopic (exact) mass is 310 g/mol. The number of nitrogens with one attached hydrogen (secondary N) is 1. The first-order chi connectivity index (χ1) is 9.60. The molecule has 1 aromatic carbocycles. The van der Waals surface area contributed by atoms with Crippen LogP contribution in [-0.4, -0.2) is 11.5 Å². The van der Waals surface area contributed by atoms with Gasteiger partial charge in [-0.2, -0.15) is 0 Å². The summed E-state index contributed by atoms with van der Waals surface area (Å²) in [5, 5.41) is 4.40. The summed E-state index contributed by atoms with van der Waals surface area (Å²) in [5.41, 5.74) is 1.11. The minimum Gasteiger partial charge on any atom is -0.437 e. The molecule has 1 aromatic heterocycles. The molecule has 0 spiro atoms. The van der Waals surface area contributed by atoms with Crippen LogP contribution < -0.4 is 10.1 Å². The lowest BCUT2D eigenvalue weighted by Crippen LogP contribution is -2.17. The van der Waals surface area contributed by atoms with Crippen molar-refractivity contribution >= 4 is 23.2 Å². The van der Waals surface area contributed by atoms with Gasteiger partial charge in [-0.15, -0.1) is 0 Å². The summed E-state index contributed by atoms with van der Waals surface area (Å²) < 4.78 is 5.64. The Morgan fingerprint density at radius 2 is 2.05 bits per heavy atom. The highest BCUT2D eigenvalue weighted by Crippen LogP contribution is 2.31. The lowest BCUT2D eigenvalue weighted by molar-refractivity contribution is 0.462. The number of rotatable bonds is 5. The molecule has 0 aliphatic heterocycles.